The summed E-state index contributed by atoms with van der Waals surface area (Å²) in [7, 11) is 0. The number of aryl methyl sites for hydroxylation is 1. The number of hydrogen-bond donors (Lipinski definition) is 1. The predicted octanol–water partition coefficient (Wildman–Crippen LogP) is 6.31. The van der Waals surface area contributed by atoms with Crippen molar-refractivity contribution in [2.24, 2.45) is 5.92 Å². The number of nitrogens with zero attached hydrogens (tertiary/aromatic N) is 2. The Morgan fingerprint density at radius 1 is 0.825 bits per heavy atom. The molecule has 1 aromatic heterocycles. The number of anilines is 1. The average Bonchev–Trinajstić information content (AvgIpc) is 2.99. The second kappa shape index (κ2) is 11.9. The Bertz CT molecular complexity index is 1490. The number of amides is 2. The van der Waals surface area contributed by atoms with Crippen LogP contribution in [-0.2, 0) is 0 Å². The normalized spacial score (nSPS) is 13.5. The number of benzene rings is 3. The van der Waals surface area contributed by atoms with Crippen molar-refractivity contribution in [3.8, 4) is 11.5 Å². The molecule has 8 heteroatoms. The quantitative estimate of drug-likeness (QED) is 0.279. The lowest BCUT2D eigenvalue weighted by Crippen LogP contribution is -2.40. The van der Waals surface area contributed by atoms with Gasteiger partial charge in [0.2, 0.25) is 0 Å². The molecule has 1 fully saturated rings. The molecule has 2 heterocycles. The Hall–Kier alpha value is -4.85. The largest absolute Gasteiger partial charge is 0.457 e. The molecule has 0 unspecified atom stereocenters. The molecular weight excluding hydrogens is 509 g/mol. The molecule has 1 N–H and O–H groups in total. The van der Waals surface area contributed by atoms with Crippen LogP contribution < -0.4 is 10.1 Å². The fourth-order valence-electron chi connectivity index (χ4n) is 4.58. The van der Waals surface area contributed by atoms with E-state index < -0.39 is 5.91 Å². The first-order valence-corrected chi connectivity index (χ1v) is 13.1. The molecule has 0 bridgehead atoms. The van der Waals surface area contributed by atoms with Gasteiger partial charge in [-0.2, -0.15) is 0 Å². The van der Waals surface area contributed by atoms with Gasteiger partial charge >= 0.3 is 0 Å². The molecule has 0 saturated carbocycles. The molecule has 5 rings (SSSR count). The van der Waals surface area contributed by atoms with Gasteiger partial charge in [0.15, 0.2) is 5.78 Å². The Morgan fingerprint density at radius 3 is 2.02 bits per heavy atom. The van der Waals surface area contributed by atoms with Crippen LogP contribution in [0.15, 0.2) is 91.1 Å². The minimum atomic E-state index is -0.415. The van der Waals surface area contributed by atoms with Gasteiger partial charge in [-0.15, -0.1) is 0 Å². The summed E-state index contributed by atoms with van der Waals surface area (Å²) in [6, 6.07) is 23.1. The fourth-order valence-corrected chi connectivity index (χ4v) is 4.58. The Balaban J connectivity index is 1.13. The van der Waals surface area contributed by atoms with Crippen molar-refractivity contribution < 1.29 is 23.5 Å². The Kier molecular flexibility index (Phi) is 7.96. The zero-order valence-electron chi connectivity index (χ0n) is 22.0. The van der Waals surface area contributed by atoms with Crippen LogP contribution in [0.2, 0.25) is 0 Å². The minimum Gasteiger partial charge on any atom is -0.457 e. The molecule has 0 radical (unpaired) electrons. The van der Waals surface area contributed by atoms with Crippen LogP contribution in [0.1, 0.15) is 49.6 Å². The Labute approximate surface area is 231 Å². The van der Waals surface area contributed by atoms with Crippen molar-refractivity contribution in [1.29, 1.82) is 0 Å². The number of likely N-dealkylation sites (tertiary alicyclic amines) is 1. The highest BCUT2D eigenvalue weighted by Crippen LogP contribution is 2.25. The molecule has 40 heavy (non-hydrogen) atoms. The van der Waals surface area contributed by atoms with Crippen molar-refractivity contribution in [2.75, 3.05) is 18.4 Å². The van der Waals surface area contributed by atoms with E-state index in [9.17, 15) is 18.8 Å². The van der Waals surface area contributed by atoms with Crippen molar-refractivity contribution in [2.45, 2.75) is 19.8 Å². The molecule has 1 aliphatic heterocycles. The smallest absolute Gasteiger partial charge is 0.274 e. The highest BCUT2D eigenvalue weighted by molar-refractivity contribution is 6.03. The van der Waals surface area contributed by atoms with Gasteiger partial charge in [0.05, 0.1) is 5.56 Å². The number of rotatable bonds is 7. The van der Waals surface area contributed by atoms with Crippen LogP contribution in [0.5, 0.6) is 11.5 Å². The van der Waals surface area contributed by atoms with Crippen molar-refractivity contribution in [3.63, 3.8) is 0 Å². The van der Waals surface area contributed by atoms with Crippen LogP contribution in [0.25, 0.3) is 0 Å². The summed E-state index contributed by atoms with van der Waals surface area (Å²) in [5.41, 5.74) is 2.93. The van der Waals surface area contributed by atoms with E-state index in [4.69, 9.17) is 4.74 Å². The standard InChI is InChI=1S/C32H28FN3O4/c1-21-2-4-22(5-3-21)30(37)23-16-18-36(19-17-23)32(39)24-6-15-29(34-20-24)31(38)35-26-9-13-28(14-10-26)40-27-11-7-25(33)8-12-27/h2-15,20,23H,16-19H2,1H3,(H,35,38). The van der Waals surface area contributed by atoms with Crippen LogP contribution in [0.4, 0.5) is 10.1 Å². The van der Waals surface area contributed by atoms with E-state index in [-0.39, 0.29) is 29.1 Å². The lowest BCUT2D eigenvalue weighted by Gasteiger charge is -2.31. The van der Waals surface area contributed by atoms with E-state index in [0.29, 0.717) is 54.2 Å². The topological polar surface area (TPSA) is 88.6 Å². The number of piperidine rings is 1. The number of Topliss-reactive ketones (excluding diaryl/α,β-unsaturated/α-hetero) is 1. The maximum absolute atomic E-state index is 13.1. The third kappa shape index (κ3) is 6.40. The van der Waals surface area contributed by atoms with E-state index in [0.717, 1.165) is 5.56 Å². The lowest BCUT2D eigenvalue weighted by atomic mass is 9.88. The monoisotopic (exact) mass is 537 g/mol. The van der Waals surface area contributed by atoms with Crippen molar-refractivity contribution in [3.05, 3.63) is 119 Å². The molecule has 0 atom stereocenters. The third-order valence-corrected chi connectivity index (χ3v) is 6.89. The zero-order chi connectivity index (χ0) is 28.1. The summed E-state index contributed by atoms with van der Waals surface area (Å²) >= 11 is 0. The van der Waals surface area contributed by atoms with Crippen LogP contribution in [-0.4, -0.2) is 40.6 Å². The van der Waals surface area contributed by atoms with E-state index in [2.05, 4.69) is 10.3 Å². The number of nitrogens with one attached hydrogen (secondary N) is 1. The number of hydrogen-bond acceptors (Lipinski definition) is 5. The van der Waals surface area contributed by atoms with E-state index in [1.165, 1.54) is 36.5 Å². The first-order chi connectivity index (χ1) is 19.4. The molecule has 0 aliphatic carbocycles. The highest BCUT2D eigenvalue weighted by Gasteiger charge is 2.28. The van der Waals surface area contributed by atoms with Crippen LogP contribution in [0.3, 0.4) is 0 Å². The zero-order valence-corrected chi connectivity index (χ0v) is 22.0. The molecule has 0 spiro atoms. The third-order valence-electron chi connectivity index (χ3n) is 6.89. The second-order valence-corrected chi connectivity index (χ2v) is 9.76. The number of carbonyl (C=O) groups excluding carboxylic acids is 3. The van der Waals surface area contributed by atoms with Gasteiger partial charge in [-0.1, -0.05) is 29.8 Å². The maximum Gasteiger partial charge on any atom is 0.274 e. The summed E-state index contributed by atoms with van der Waals surface area (Å²) in [5.74, 6) is 0.132. The summed E-state index contributed by atoms with van der Waals surface area (Å²) < 4.78 is 18.7. The molecule has 4 aromatic rings. The van der Waals surface area contributed by atoms with Crippen LogP contribution in [0, 0.1) is 18.7 Å². The summed E-state index contributed by atoms with van der Waals surface area (Å²) in [6.45, 7) is 2.97. The van der Waals surface area contributed by atoms with Gasteiger partial charge in [-0.05, 0) is 80.4 Å². The number of ether oxygens (including phenoxy) is 1. The molecular formula is C32H28FN3O4. The lowest BCUT2D eigenvalue weighted by molar-refractivity contribution is 0.0650. The van der Waals surface area contributed by atoms with Gasteiger partial charge in [0.25, 0.3) is 11.8 Å². The van der Waals surface area contributed by atoms with E-state index in [1.54, 1.807) is 35.2 Å². The molecule has 2 amide bonds. The van der Waals surface area contributed by atoms with Gasteiger partial charge in [0.1, 0.15) is 23.0 Å². The van der Waals surface area contributed by atoms with Crippen LogP contribution >= 0.6 is 0 Å². The summed E-state index contributed by atoms with van der Waals surface area (Å²) in [4.78, 5) is 44.4. The first-order valence-electron chi connectivity index (χ1n) is 13.1. The summed E-state index contributed by atoms with van der Waals surface area (Å²) in [5, 5.41) is 2.77. The van der Waals surface area contributed by atoms with E-state index in [1.807, 2.05) is 31.2 Å². The second-order valence-electron chi connectivity index (χ2n) is 9.76. The molecule has 1 aliphatic rings. The number of carbonyl (C=O) groups is 3. The SMILES string of the molecule is Cc1ccc(C(=O)C2CCN(C(=O)c3ccc(C(=O)Nc4ccc(Oc5ccc(F)cc5)cc4)nc3)CC2)cc1. The van der Waals surface area contributed by atoms with Gasteiger partial charge in [-0.3, -0.25) is 19.4 Å². The Morgan fingerprint density at radius 2 is 1.43 bits per heavy atom. The first kappa shape index (κ1) is 26.7. The van der Waals surface area contributed by atoms with Gasteiger partial charge in [-0.25, -0.2) is 4.39 Å². The van der Waals surface area contributed by atoms with Gasteiger partial charge in [0, 0.05) is 36.5 Å². The number of halogens is 1. The number of pyridine rings is 1. The number of ketones is 1. The van der Waals surface area contributed by atoms with E-state index >= 15 is 0 Å². The minimum absolute atomic E-state index is 0.0977. The highest BCUT2D eigenvalue weighted by atomic mass is 19.1. The molecule has 7 nitrogen and oxygen atoms in total. The predicted molar refractivity (Wildman–Crippen MR) is 149 cm³/mol. The maximum atomic E-state index is 13.1. The fraction of sp³-hybridized carbons (Fsp3) is 0.188. The van der Waals surface area contributed by atoms with Gasteiger partial charge < -0.3 is 15.0 Å². The van der Waals surface area contributed by atoms with Crippen molar-refractivity contribution in [1.82, 2.24) is 9.88 Å². The average molecular weight is 538 g/mol. The molecule has 202 valence electrons. The van der Waals surface area contributed by atoms with Crippen molar-refractivity contribution >= 4 is 23.3 Å². The summed E-state index contributed by atoms with van der Waals surface area (Å²) in [6.07, 6.45) is 2.63. The number of aromatic nitrogens is 1. The molecule has 1 saturated heterocycles. The molecule has 3 aromatic carbocycles.